The Hall–Kier alpha value is -4.19. The third-order valence-electron chi connectivity index (χ3n) is 8.98. The number of piperazine rings is 1. The molecular weight excluding hydrogens is 626 g/mol. The van der Waals surface area contributed by atoms with Crippen LogP contribution in [-0.2, 0) is 11.3 Å². The molecule has 4 rings (SSSR count). The van der Waals surface area contributed by atoms with Crippen LogP contribution in [0.15, 0.2) is 48.5 Å². The van der Waals surface area contributed by atoms with Gasteiger partial charge in [0.2, 0.25) is 5.75 Å². The van der Waals surface area contributed by atoms with Gasteiger partial charge in [0.05, 0.1) is 55.7 Å². The average Bonchev–Trinajstić information content (AvgIpc) is 3.13. The highest BCUT2D eigenvalue weighted by Gasteiger charge is 2.41. The van der Waals surface area contributed by atoms with Gasteiger partial charge in [-0.15, -0.1) is 0 Å². The van der Waals surface area contributed by atoms with E-state index in [1.807, 2.05) is 48.5 Å². The van der Waals surface area contributed by atoms with Crippen LogP contribution in [0.1, 0.15) is 39.2 Å². The van der Waals surface area contributed by atoms with Gasteiger partial charge in [0.15, 0.2) is 34.5 Å². The molecular formula is C38H54N3O8+. The minimum atomic E-state index is -0.0273. The highest BCUT2D eigenvalue weighted by atomic mass is 16.5. The highest BCUT2D eigenvalue weighted by molar-refractivity contribution is 5.94. The lowest BCUT2D eigenvalue weighted by Crippen LogP contribution is -2.54. The summed E-state index contributed by atoms with van der Waals surface area (Å²) in [5, 5.41) is 0. The Balaban J connectivity index is 1.60. The topological polar surface area (TPSA) is 88.2 Å². The molecule has 0 N–H and O–H groups in total. The van der Waals surface area contributed by atoms with Crippen LogP contribution in [0.3, 0.4) is 0 Å². The zero-order valence-corrected chi connectivity index (χ0v) is 30.5. The lowest BCUT2D eigenvalue weighted by molar-refractivity contribution is -0.125. The molecule has 0 unspecified atom stereocenters. The smallest absolute Gasteiger partial charge is 0.320 e. The molecule has 1 saturated heterocycles. The molecule has 11 heteroatoms. The van der Waals surface area contributed by atoms with E-state index in [9.17, 15) is 4.79 Å². The molecule has 0 aromatic heterocycles. The van der Waals surface area contributed by atoms with Crippen LogP contribution < -0.4 is 37.6 Å². The Labute approximate surface area is 291 Å². The minimum absolute atomic E-state index is 0.0189. The van der Waals surface area contributed by atoms with Crippen LogP contribution >= 0.6 is 0 Å². The molecule has 3 aromatic rings. The highest BCUT2D eigenvalue weighted by Crippen LogP contribution is 2.44. The van der Waals surface area contributed by atoms with Crippen LogP contribution in [0.4, 0.5) is 11.4 Å². The van der Waals surface area contributed by atoms with E-state index in [4.69, 9.17) is 33.2 Å². The van der Waals surface area contributed by atoms with Crippen molar-refractivity contribution in [1.29, 1.82) is 0 Å². The summed E-state index contributed by atoms with van der Waals surface area (Å²) in [4.78, 5) is 18.9. The van der Waals surface area contributed by atoms with Crippen LogP contribution in [0.25, 0.3) is 0 Å². The van der Waals surface area contributed by atoms with Crippen LogP contribution in [0, 0.1) is 0 Å². The van der Waals surface area contributed by atoms with Gasteiger partial charge in [0.1, 0.15) is 17.9 Å². The number of quaternary nitrogens is 1. The molecule has 1 fully saturated rings. The third kappa shape index (κ3) is 8.70. The molecule has 0 spiro atoms. The van der Waals surface area contributed by atoms with Gasteiger partial charge in [-0.3, -0.25) is 9.80 Å². The Morgan fingerprint density at radius 3 is 1.51 bits per heavy atom. The summed E-state index contributed by atoms with van der Waals surface area (Å²) >= 11 is 0. The van der Waals surface area contributed by atoms with Crippen molar-refractivity contribution < 1.29 is 38.0 Å². The first-order chi connectivity index (χ1) is 23.8. The van der Waals surface area contributed by atoms with Crippen molar-refractivity contribution >= 4 is 17.3 Å². The first-order valence-electron chi connectivity index (χ1n) is 17.0. The average molecular weight is 681 g/mol. The predicted molar refractivity (Wildman–Crippen MR) is 192 cm³/mol. The maximum Gasteiger partial charge on any atom is 0.320 e. The van der Waals surface area contributed by atoms with E-state index in [-0.39, 0.29) is 10.4 Å². The number of nitrogens with zero attached hydrogens (tertiary/aromatic N) is 3. The van der Waals surface area contributed by atoms with Gasteiger partial charge in [-0.05, 0) is 42.7 Å². The number of amides is 1. The molecule has 49 heavy (non-hydrogen) atoms. The number of ether oxygens (including phenoxy) is 7. The van der Waals surface area contributed by atoms with Crippen molar-refractivity contribution in [2.75, 3.05) is 88.0 Å². The van der Waals surface area contributed by atoms with Crippen molar-refractivity contribution in [3.63, 3.8) is 0 Å². The first kappa shape index (κ1) is 37.6. The molecule has 0 radical (unpaired) electrons. The zero-order chi connectivity index (χ0) is 35.4. The second-order valence-corrected chi connectivity index (χ2v) is 12.1. The predicted octanol–water partition coefficient (Wildman–Crippen LogP) is 6.31. The summed E-state index contributed by atoms with van der Waals surface area (Å²) in [6, 6.07) is 15.6. The molecule has 0 aliphatic carbocycles. The molecule has 3 aromatic carbocycles. The SMILES string of the molecule is CCCOc1ccc([N+](CCN2CCN(Cc3cc(OC)c(OC)c(OC)c3)CC2)(C(C)=O)c2ccc(OCCC)c(OC)c2)cc1OC. The maximum absolute atomic E-state index is 14.0. The van der Waals surface area contributed by atoms with Crippen molar-refractivity contribution in [1.82, 2.24) is 14.3 Å². The number of rotatable bonds is 18. The van der Waals surface area contributed by atoms with E-state index in [0.29, 0.717) is 66.5 Å². The second-order valence-electron chi connectivity index (χ2n) is 12.1. The Kier molecular flexibility index (Phi) is 13.8. The summed E-state index contributed by atoms with van der Waals surface area (Å²) in [5.74, 6) is 4.35. The number of benzene rings is 3. The Bertz CT molecular complexity index is 1440. The number of hydrogen-bond donors (Lipinski definition) is 0. The molecule has 1 aliphatic rings. The first-order valence-corrected chi connectivity index (χ1v) is 17.0. The van der Waals surface area contributed by atoms with E-state index >= 15 is 0 Å². The molecule has 0 atom stereocenters. The largest absolute Gasteiger partial charge is 0.493 e. The standard InChI is InChI=1S/C38H54N3O8/c1-9-21-48-32-13-11-30(25-34(32)43-4)41(28(3)42,31-12-14-33(49-22-10-2)35(26-31)44-5)20-19-39-15-17-40(18-16-39)27-29-23-36(45-6)38(47-8)37(24-29)46-7/h11-14,23-26H,9-10,15-22,27H2,1-8H3/q+1. The second kappa shape index (κ2) is 18.0. The van der Waals surface area contributed by atoms with Gasteiger partial charge in [-0.1, -0.05) is 13.8 Å². The number of methoxy groups -OCH3 is 5. The van der Waals surface area contributed by atoms with Crippen molar-refractivity contribution in [3.8, 4) is 40.2 Å². The molecule has 1 aliphatic heterocycles. The molecule has 268 valence electrons. The van der Waals surface area contributed by atoms with Crippen molar-refractivity contribution in [3.05, 3.63) is 54.1 Å². The quantitative estimate of drug-likeness (QED) is 0.143. The molecule has 1 heterocycles. The molecule has 1 amide bonds. The third-order valence-corrected chi connectivity index (χ3v) is 8.98. The van der Waals surface area contributed by atoms with E-state index in [1.54, 1.807) is 42.5 Å². The number of carbonyl (C=O) groups excluding carboxylic acids is 1. The summed E-state index contributed by atoms with van der Waals surface area (Å²) in [6.07, 6.45) is 1.75. The lowest BCUT2D eigenvalue weighted by atomic mass is 10.1. The number of hydrogen-bond acceptors (Lipinski definition) is 10. The maximum atomic E-state index is 14.0. The van der Waals surface area contributed by atoms with Crippen LogP contribution in [0.5, 0.6) is 40.2 Å². The van der Waals surface area contributed by atoms with Gasteiger partial charge in [0.25, 0.3) is 0 Å². The van der Waals surface area contributed by atoms with Crippen molar-refractivity contribution in [2.45, 2.75) is 40.2 Å². The Morgan fingerprint density at radius 2 is 1.10 bits per heavy atom. The van der Waals surface area contributed by atoms with Gasteiger partial charge in [-0.2, -0.15) is 4.48 Å². The van der Waals surface area contributed by atoms with E-state index in [0.717, 1.165) is 62.5 Å². The molecule has 11 nitrogen and oxygen atoms in total. The molecule has 0 bridgehead atoms. The fourth-order valence-corrected chi connectivity index (χ4v) is 6.33. The van der Waals surface area contributed by atoms with Gasteiger partial charge in [0, 0.05) is 63.5 Å². The van der Waals surface area contributed by atoms with E-state index in [2.05, 4.69) is 23.6 Å². The lowest BCUT2D eigenvalue weighted by Gasteiger charge is -2.39. The van der Waals surface area contributed by atoms with E-state index < -0.39 is 0 Å². The van der Waals surface area contributed by atoms with Gasteiger partial charge in [-0.25, -0.2) is 4.79 Å². The van der Waals surface area contributed by atoms with Crippen molar-refractivity contribution in [2.24, 2.45) is 0 Å². The summed E-state index contributed by atoms with van der Waals surface area (Å²) < 4.78 is 40.1. The van der Waals surface area contributed by atoms with E-state index in [1.165, 1.54) is 0 Å². The van der Waals surface area contributed by atoms with Crippen LogP contribution in [0.2, 0.25) is 0 Å². The normalized spacial score (nSPS) is 13.9. The van der Waals surface area contributed by atoms with Crippen LogP contribution in [-0.4, -0.2) is 104 Å². The van der Waals surface area contributed by atoms with Gasteiger partial charge >= 0.3 is 5.91 Å². The fraction of sp³-hybridized carbons (Fsp3) is 0.500. The zero-order valence-electron chi connectivity index (χ0n) is 30.5. The Morgan fingerprint density at radius 1 is 0.633 bits per heavy atom. The summed E-state index contributed by atoms with van der Waals surface area (Å²) in [6.45, 7) is 12.4. The molecule has 0 saturated carbocycles. The monoisotopic (exact) mass is 680 g/mol. The number of carbonyl (C=O) groups is 1. The summed E-state index contributed by atoms with van der Waals surface area (Å²) in [7, 11) is 8.13. The fourth-order valence-electron chi connectivity index (χ4n) is 6.33. The van der Waals surface area contributed by atoms with Gasteiger partial charge < -0.3 is 33.2 Å². The minimum Gasteiger partial charge on any atom is -0.493 e. The summed E-state index contributed by atoms with van der Waals surface area (Å²) in [5.41, 5.74) is 2.67.